The molecule has 1 unspecified atom stereocenters. The van der Waals surface area contributed by atoms with Crippen molar-refractivity contribution in [2.75, 3.05) is 6.54 Å². The zero-order valence-electron chi connectivity index (χ0n) is 13.3. The lowest BCUT2D eigenvalue weighted by Crippen LogP contribution is -2.39. The molecular formula is C15H11BrF3N5O2. The van der Waals surface area contributed by atoms with E-state index in [9.17, 15) is 18.0 Å². The monoisotopic (exact) mass is 429 g/mol. The maximum absolute atomic E-state index is 12.8. The van der Waals surface area contributed by atoms with Gasteiger partial charge in [0.2, 0.25) is 0 Å². The van der Waals surface area contributed by atoms with Crippen molar-refractivity contribution in [3.05, 3.63) is 46.0 Å². The van der Waals surface area contributed by atoms with E-state index in [4.69, 9.17) is 4.42 Å². The number of carbonyl (C=O) groups excluding carboxylic acids is 1. The molecule has 0 N–H and O–H groups in total. The normalized spacial score (nSPS) is 17.6. The molecule has 0 aromatic carbocycles. The summed E-state index contributed by atoms with van der Waals surface area (Å²) in [6.07, 6.45) is -1.27. The molecule has 1 atom stereocenters. The van der Waals surface area contributed by atoms with Gasteiger partial charge in [-0.15, -0.1) is 0 Å². The van der Waals surface area contributed by atoms with Crippen LogP contribution in [0.5, 0.6) is 0 Å². The Hall–Kier alpha value is -2.43. The van der Waals surface area contributed by atoms with E-state index in [1.165, 1.54) is 15.5 Å². The summed E-state index contributed by atoms with van der Waals surface area (Å²) in [5.41, 5.74) is 0.773. The predicted octanol–water partition coefficient (Wildman–Crippen LogP) is 3.26. The number of hydrogen-bond acceptors (Lipinski definition) is 5. The van der Waals surface area contributed by atoms with Crippen molar-refractivity contribution in [1.82, 2.24) is 24.5 Å². The smallest absolute Gasteiger partial charge is 0.438 e. The predicted molar refractivity (Wildman–Crippen MR) is 85.3 cm³/mol. The van der Waals surface area contributed by atoms with Gasteiger partial charge in [-0.2, -0.15) is 18.3 Å². The van der Waals surface area contributed by atoms with E-state index in [-0.39, 0.29) is 30.1 Å². The summed E-state index contributed by atoms with van der Waals surface area (Å²) in [5.74, 6) is -1.53. The van der Waals surface area contributed by atoms with Crippen LogP contribution in [0.25, 0.3) is 5.65 Å². The second-order valence-corrected chi connectivity index (χ2v) is 6.77. The first kappa shape index (κ1) is 17.0. The van der Waals surface area contributed by atoms with E-state index in [1.54, 1.807) is 19.3 Å². The quantitative estimate of drug-likeness (QED) is 0.593. The lowest BCUT2D eigenvalue weighted by atomic mass is 10.0. The van der Waals surface area contributed by atoms with Gasteiger partial charge in [-0.1, -0.05) is 0 Å². The first-order valence-corrected chi connectivity index (χ1v) is 8.42. The standard InChI is InChI=1S/C15H11BrF3N5O2/c1-7-12-10(26-14(21-12)15(17,18)19)2-3-23(7)13(25)9-4-11-20-5-8(16)6-24(11)22-9/h4-7H,2-3H2,1H3. The second kappa shape index (κ2) is 5.79. The van der Waals surface area contributed by atoms with Gasteiger partial charge in [-0.3, -0.25) is 4.79 Å². The average molecular weight is 430 g/mol. The number of amides is 1. The van der Waals surface area contributed by atoms with Crippen LogP contribution < -0.4 is 0 Å². The van der Waals surface area contributed by atoms with E-state index < -0.39 is 24.0 Å². The largest absolute Gasteiger partial charge is 0.468 e. The minimum Gasteiger partial charge on any atom is -0.438 e. The molecule has 1 aliphatic rings. The zero-order valence-corrected chi connectivity index (χ0v) is 14.9. The molecule has 3 aromatic heterocycles. The first-order valence-electron chi connectivity index (χ1n) is 7.63. The summed E-state index contributed by atoms with van der Waals surface area (Å²) < 4.78 is 45.4. The number of hydrogen-bond donors (Lipinski definition) is 0. The number of halogens is 4. The Kier molecular flexibility index (Phi) is 3.79. The van der Waals surface area contributed by atoms with Crippen molar-refractivity contribution in [2.45, 2.75) is 25.6 Å². The molecule has 0 radical (unpaired) electrons. The molecule has 0 bridgehead atoms. The number of carbonyl (C=O) groups is 1. The van der Waals surface area contributed by atoms with Crippen molar-refractivity contribution in [1.29, 1.82) is 0 Å². The van der Waals surface area contributed by atoms with Gasteiger partial charge >= 0.3 is 12.1 Å². The molecule has 0 saturated heterocycles. The number of aromatic nitrogens is 4. The van der Waals surface area contributed by atoms with Crippen LogP contribution in [0, 0.1) is 0 Å². The van der Waals surface area contributed by atoms with Crippen LogP contribution in [0.1, 0.15) is 40.8 Å². The Morgan fingerprint density at radius 1 is 1.42 bits per heavy atom. The topological polar surface area (TPSA) is 76.5 Å². The zero-order chi connectivity index (χ0) is 18.6. The molecule has 0 fully saturated rings. The Morgan fingerprint density at radius 3 is 2.92 bits per heavy atom. The van der Waals surface area contributed by atoms with Crippen LogP contribution in [0.15, 0.2) is 27.3 Å². The highest BCUT2D eigenvalue weighted by Crippen LogP contribution is 2.36. The third kappa shape index (κ3) is 2.75. The Balaban J connectivity index is 1.65. The van der Waals surface area contributed by atoms with Gasteiger partial charge in [0.1, 0.15) is 11.5 Å². The highest BCUT2D eigenvalue weighted by Gasteiger charge is 2.41. The third-order valence-electron chi connectivity index (χ3n) is 4.17. The van der Waals surface area contributed by atoms with Crippen LogP contribution in [-0.4, -0.2) is 36.9 Å². The molecular weight excluding hydrogens is 419 g/mol. The van der Waals surface area contributed by atoms with E-state index in [1.807, 2.05) is 0 Å². The summed E-state index contributed by atoms with van der Waals surface area (Å²) in [6, 6.07) is 0.872. The second-order valence-electron chi connectivity index (χ2n) is 5.85. The summed E-state index contributed by atoms with van der Waals surface area (Å²) in [7, 11) is 0. The summed E-state index contributed by atoms with van der Waals surface area (Å²) in [4.78, 5) is 21.9. The van der Waals surface area contributed by atoms with Crippen LogP contribution >= 0.6 is 15.9 Å². The maximum Gasteiger partial charge on any atom is 0.468 e. The molecule has 136 valence electrons. The number of rotatable bonds is 1. The van der Waals surface area contributed by atoms with E-state index in [0.717, 1.165) is 0 Å². The number of oxazole rings is 1. The minimum absolute atomic E-state index is 0.126. The average Bonchev–Trinajstić information content (AvgIpc) is 3.18. The lowest BCUT2D eigenvalue weighted by molar-refractivity contribution is -0.157. The lowest BCUT2D eigenvalue weighted by Gasteiger charge is -2.31. The van der Waals surface area contributed by atoms with Crippen LogP contribution in [0.3, 0.4) is 0 Å². The highest BCUT2D eigenvalue weighted by atomic mass is 79.9. The van der Waals surface area contributed by atoms with E-state index >= 15 is 0 Å². The SMILES string of the molecule is CC1c2nc(C(F)(F)F)oc2CCN1C(=O)c1cc2ncc(Br)cn2n1. The Labute approximate surface area is 152 Å². The van der Waals surface area contributed by atoms with Gasteiger partial charge in [0.25, 0.3) is 5.91 Å². The fourth-order valence-corrected chi connectivity index (χ4v) is 3.23. The van der Waals surface area contributed by atoms with Gasteiger partial charge in [-0.25, -0.2) is 14.5 Å². The molecule has 0 aliphatic carbocycles. The van der Waals surface area contributed by atoms with Gasteiger partial charge in [0.15, 0.2) is 11.3 Å². The van der Waals surface area contributed by atoms with E-state index in [2.05, 4.69) is 31.0 Å². The van der Waals surface area contributed by atoms with Crippen molar-refractivity contribution in [2.24, 2.45) is 0 Å². The van der Waals surface area contributed by atoms with Crippen molar-refractivity contribution in [3.63, 3.8) is 0 Å². The number of alkyl halides is 3. The van der Waals surface area contributed by atoms with Crippen molar-refractivity contribution in [3.8, 4) is 0 Å². The molecule has 1 amide bonds. The molecule has 1 aliphatic heterocycles. The fraction of sp³-hybridized carbons (Fsp3) is 0.333. The molecule has 11 heteroatoms. The summed E-state index contributed by atoms with van der Waals surface area (Å²) in [6.45, 7) is 1.83. The van der Waals surface area contributed by atoms with E-state index in [0.29, 0.717) is 10.1 Å². The van der Waals surface area contributed by atoms with Crippen molar-refractivity contribution < 1.29 is 22.4 Å². The van der Waals surface area contributed by atoms with Gasteiger partial charge in [-0.05, 0) is 22.9 Å². The Morgan fingerprint density at radius 2 is 2.19 bits per heavy atom. The first-order chi connectivity index (χ1) is 12.2. The molecule has 4 rings (SSSR count). The fourth-order valence-electron chi connectivity index (χ4n) is 2.94. The van der Waals surface area contributed by atoms with Gasteiger partial charge < -0.3 is 9.32 Å². The minimum atomic E-state index is -4.66. The van der Waals surface area contributed by atoms with Gasteiger partial charge in [0, 0.05) is 31.4 Å². The van der Waals surface area contributed by atoms with Gasteiger partial charge in [0.05, 0.1) is 10.5 Å². The molecule has 4 heterocycles. The highest BCUT2D eigenvalue weighted by molar-refractivity contribution is 9.10. The van der Waals surface area contributed by atoms with Crippen LogP contribution in [0.4, 0.5) is 13.2 Å². The summed E-state index contributed by atoms with van der Waals surface area (Å²) in [5, 5.41) is 4.19. The molecule has 26 heavy (non-hydrogen) atoms. The number of fused-ring (bicyclic) bond motifs is 2. The third-order valence-corrected chi connectivity index (χ3v) is 4.58. The van der Waals surface area contributed by atoms with Crippen molar-refractivity contribution >= 4 is 27.5 Å². The molecule has 3 aromatic rings. The van der Waals surface area contributed by atoms with Crippen LogP contribution in [0.2, 0.25) is 0 Å². The van der Waals surface area contributed by atoms with Crippen LogP contribution in [-0.2, 0) is 12.6 Å². The molecule has 0 spiro atoms. The number of nitrogens with zero attached hydrogens (tertiary/aromatic N) is 5. The summed E-state index contributed by atoms with van der Waals surface area (Å²) >= 11 is 3.27. The molecule has 0 saturated carbocycles. The Bertz CT molecular complexity index is 1010. The maximum atomic E-state index is 12.8. The molecule has 7 nitrogen and oxygen atoms in total.